The lowest BCUT2D eigenvalue weighted by atomic mass is 10.00. The van der Waals surface area contributed by atoms with Crippen LogP contribution in [0.5, 0.6) is 0 Å². The molecule has 1 aliphatic carbocycles. The number of halogens is 1. The third-order valence-corrected chi connectivity index (χ3v) is 3.98. The van der Waals surface area contributed by atoms with Crippen molar-refractivity contribution in [1.82, 2.24) is 0 Å². The van der Waals surface area contributed by atoms with Gasteiger partial charge in [-0.05, 0) is 36.1 Å². The van der Waals surface area contributed by atoms with E-state index in [0.29, 0.717) is 38.4 Å². The fraction of sp³-hybridized carbons (Fsp3) is 0.500. The number of ether oxygens (including phenoxy) is 1. The Morgan fingerprint density at radius 1 is 1.37 bits per heavy atom. The number of anilines is 1. The molecule has 1 amide bonds. The number of nitrogens with two attached hydrogens (primary N) is 1. The van der Waals surface area contributed by atoms with E-state index in [1.54, 1.807) is 0 Å². The third-order valence-electron chi connectivity index (χ3n) is 3.98. The summed E-state index contributed by atoms with van der Waals surface area (Å²) in [5, 5.41) is 0. The Morgan fingerprint density at radius 2 is 2.11 bits per heavy atom. The second kappa shape index (κ2) is 4.81. The summed E-state index contributed by atoms with van der Waals surface area (Å²) in [6, 6.07) is 3.36. The van der Waals surface area contributed by atoms with E-state index in [-0.39, 0.29) is 17.6 Å². The fourth-order valence-corrected chi connectivity index (χ4v) is 2.96. The van der Waals surface area contributed by atoms with Crippen LogP contribution in [-0.2, 0) is 16.0 Å². The second-order valence-electron chi connectivity index (χ2n) is 5.10. The fourth-order valence-electron chi connectivity index (χ4n) is 2.96. The van der Waals surface area contributed by atoms with Crippen LogP contribution in [0.25, 0.3) is 0 Å². The molecule has 2 aliphatic rings. The van der Waals surface area contributed by atoms with E-state index in [1.807, 2.05) is 11.0 Å². The summed E-state index contributed by atoms with van der Waals surface area (Å²) in [5.74, 6) is -0.964. The first kappa shape index (κ1) is 12.4. The predicted octanol–water partition coefficient (Wildman–Crippen LogP) is 1.18. The van der Waals surface area contributed by atoms with Crippen molar-refractivity contribution in [3.63, 3.8) is 0 Å². The van der Waals surface area contributed by atoms with Gasteiger partial charge in [-0.25, -0.2) is 4.39 Å². The highest BCUT2D eigenvalue weighted by Crippen LogP contribution is 2.36. The average molecular weight is 264 g/mol. The molecule has 0 radical (unpaired) electrons. The maximum atomic E-state index is 14.2. The van der Waals surface area contributed by atoms with Crippen molar-refractivity contribution >= 4 is 11.6 Å². The van der Waals surface area contributed by atoms with E-state index >= 15 is 0 Å². The van der Waals surface area contributed by atoms with Gasteiger partial charge >= 0.3 is 0 Å². The van der Waals surface area contributed by atoms with Crippen LogP contribution >= 0.6 is 0 Å². The summed E-state index contributed by atoms with van der Waals surface area (Å²) in [4.78, 5) is 13.3. The molecule has 3 rings (SSSR count). The van der Waals surface area contributed by atoms with Crippen molar-refractivity contribution < 1.29 is 13.9 Å². The van der Waals surface area contributed by atoms with E-state index in [2.05, 4.69) is 0 Å². The van der Waals surface area contributed by atoms with Crippen molar-refractivity contribution in [2.75, 3.05) is 31.2 Å². The quantitative estimate of drug-likeness (QED) is 0.872. The Balaban J connectivity index is 1.94. The first-order valence-electron chi connectivity index (χ1n) is 6.61. The minimum absolute atomic E-state index is 0.270. The standard InChI is InChI=1S/C14H17FN2O2/c15-12-8-11-9(1-2-10(11)14(16)18)7-13(12)17-3-5-19-6-4-17/h7-8,10H,1-6H2,(H2,16,18). The number of morpholine rings is 1. The van der Waals surface area contributed by atoms with Gasteiger partial charge in [0.1, 0.15) is 5.82 Å². The van der Waals surface area contributed by atoms with Gasteiger partial charge in [0, 0.05) is 13.1 Å². The lowest BCUT2D eigenvalue weighted by Crippen LogP contribution is -2.36. The zero-order valence-electron chi connectivity index (χ0n) is 10.7. The number of fused-ring (bicyclic) bond motifs is 1. The SMILES string of the molecule is NC(=O)C1CCc2cc(N3CCOCC3)c(F)cc21. The average Bonchev–Trinajstić information content (AvgIpc) is 2.81. The molecule has 1 unspecified atom stereocenters. The van der Waals surface area contributed by atoms with E-state index in [4.69, 9.17) is 10.5 Å². The van der Waals surface area contributed by atoms with E-state index in [9.17, 15) is 9.18 Å². The molecule has 1 saturated heterocycles. The van der Waals surface area contributed by atoms with E-state index < -0.39 is 0 Å². The molecule has 1 aromatic carbocycles. The Morgan fingerprint density at radius 3 is 2.79 bits per heavy atom. The van der Waals surface area contributed by atoms with Gasteiger partial charge in [-0.3, -0.25) is 4.79 Å². The molecule has 1 atom stereocenters. The van der Waals surface area contributed by atoms with Crippen molar-refractivity contribution in [3.05, 3.63) is 29.1 Å². The van der Waals surface area contributed by atoms with Crippen LogP contribution in [0.15, 0.2) is 12.1 Å². The number of carbonyl (C=O) groups excluding carboxylic acids is 1. The van der Waals surface area contributed by atoms with Gasteiger partial charge in [0.15, 0.2) is 0 Å². The number of carbonyl (C=O) groups is 1. The second-order valence-corrected chi connectivity index (χ2v) is 5.10. The Hall–Kier alpha value is -1.62. The van der Waals surface area contributed by atoms with Crippen LogP contribution in [0.3, 0.4) is 0 Å². The molecule has 102 valence electrons. The molecule has 1 heterocycles. The maximum absolute atomic E-state index is 14.2. The van der Waals surface area contributed by atoms with Gasteiger partial charge in [-0.1, -0.05) is 0 Å². The molecule has 0 bridgehead atoms. The normalized spacial score (nSPS) is 22.4. The first-order chi connectivity index (χ1) is 9.16. The lowest BCUT2D eigenvalue weighted by molar-refractivity contribution is -0.119. The maximum Gasteiger partial charge on any atom is 0.224 e. The van der Waals surface area contributed by atoms with E-state index in [1.165, 1.54) is 6.07 Å². The molecular formula is C14H17FN2O2. The van der Waals surface area contributed by atoms with Crippen molar-refractivity contribution in [1.29, 1.82) is 0 Å². The van der Waals surface area contributed by atoms with E-state index in [0.717, 1.165) is 17.5 Å². The molecule has 0 spiro atoms. The van der Waals surface area contributed by atoms with Crippen LogP contribution < -0.4 is 10.6 Å². The molecule has 19 heavy (non-hydrogen) atoms. The zero-order valence-corrected chi connectivity index (χ0v) is 10.7. The van der Waals surface area contributed by atoms with Crippen LogP contribution in [0, 0.1) is 5.82 Å². The highest BCUT2D eigenvalue weighted by molar-refractivity contribution is 5.83. The van der Waals surface area contributed by atoms with Crippen molar-refractivity contribution in [3.8, 4) is 0 Å². The van der Waals surface area contributed by atoms with Crippen molar-refractivity contribution in [2.24, 2.45) is 5.73 Å². The summed E-state index contributed by atoms with van der Waals surface area (Å²) in [7, 11) is 0. The number of rotatable bonds is 2. The van der Waals surface area contributed by atoms with Gasteiger partial charge in [-0.2, -0.15) is 0 Å². The van der Waals surface area contributed by atoms with Crippen LogP contribution in [0.1, 0.15) is 23.5 Å². The number of nitrogens with zero attached hydrogens (tertiary/aromatic N) is 1. The smallest absolute Gasteiger partial charge is 0.224 e. The van der Waals surface area contributed by atoms with Gasteiger partial charge in [0.05, 0.1) is 24.8 Å². The topological polar surface area (TPSA) is 55.6 Å². The Labute approximate surface area is 111 Å². The Kier molecular flexibility index (Phi) is 3.14. The minimum Gasteiger partial charge on any atom is -0.378 e. The molecule has 1 aromatic rings. The van der Waals surface area contributed by atoms with Crippen molar-refractivity contribution in [2.45, 2.75) is 18.8 Å². The van der Waals surface area contributed by atoms with Gasteiger partial charge in [0.2, 0.25) is 5.91 Å². The zero-order chi connectivity index (χ0) is 13.4. The molecule has 5 heteroatoms. The molecule has 4 nitrogen and oxygen atoms in total. The molecule has 1 fully saturated rings. The van der Waals surface area contributed by atoms with Gasteiger partial charge in [0.25, 0.3) is 0 Å². The highest BCUT2D eigenvalue weighted by atomic mass is 19.1. The molecule has 0 aromatic heterocycles. The molecule has 0 saturated carbocycles. The number of amides is 1. The third kappa shape index (κ3) is 2.18. The number of primary amides is 1. The predicted molar refractivity (Wildman–Crippen MR) is 69.7 cm³/mol. The molecule has 1 aliphatic heterocycles. The summed E-state index contributed by atoms with van der Waals surface area (Å²) >= 11 is 0. The summed E-state index contributed by atoms with van der Waals surface area (Å²) in [5.41, 5.74) is 7.79. The van der Waals surface area contributed by atoms with Crippen LogP contribution in [-0.4, -0.2) is 32.2 Å². The van der Waals surface area contributed by atoms with Crippen LogP contribution in [0.4, 0.5) is 10.1 Å². The van der Waals surface area contributed by atoms with Crippen LogP contribution in [0.2, 0.25) is 0 Å². The number of hydrogen-bond donors (Lipinski definition) is 1. The molecule has 2 N–H and O–H groups in total. The number of aryl methyl sites for hydroxylation is 1. The van der Waals surface area contributed by atoms with Gasteiger partial charge < -0.3 is 15.4 Å². The Bertz CT molecular complexity index is 512. The highest BCUT2D eigenvalue weighted by Gasteiger charge is 2.29. The lowest BCUT2D eigenvalue weighted by Gasteiger charge is -2.29. The first-order valence-corrected chi connectivity index (χ1v) is 6.61. The van der Waals surface area contributed by atoms with Gasteiger partial charge in [-0.15, -0.1) is 0 Å². The number of benzene rings is 1. The summed E-state index contributed by atoms with van der Waals surface area (Å²) in [6.07, 6.45) is 1.48. The monoisotopic (exact) mass is 264 g/mol. The number of hydrogen-bond acceptors (Lipinski definition) is 3. The molecular weight excluding hydrogens is 247 g/mol. The summed E-state index contributed by atoms with van der Waals surface area (Å²) in [6.45, 7) is 2.66. The summed E-state index contributed by atoms with van der Waals surface area (Å²) < 4.78 is 19.5. The minimum atomic E-state index is -0.364. The largest absolute Gasteiger partial charge is 0.378 e.